The summed E-state index contributed by atoms with van der Waals surface area (Å²) < 4.78 is 10.3. The number of methoxy groups -OCH3 is 1. The minimum atomic E-state index is -0.495. The Kier molecular flexibility index (Phi) is 6.84. The Hall–Kier alpha value is -1.78. The lowest BCUT2D eigenvalue weighted by atomic mass is 10.1. The summed E-state index contributed by atoms with van der Waals surface area (Å²) in [7, 11) is 1.32. The van der Waals surface area contributed by atoms with Crippen molar-refractivity contribution in [3.63, 3.8) is 0 Å². The first-order valence-electron chi connectivity index (χ1n) is 7.10. The van der Waals surface area contributed by atoms with Crippen molar-refractivity contribution in [1.82, 2.24) is 4.98 Å². The predicted octanol–water partition coefficient (Wildman–Crippen LogP) is 3.19. The molecule has 0 aliphatic rings. The van der Waals surface area contributed by atoms with Gasteiger partial charge in [-0.2, -0.15) is 0 Å². The second kappa shape index (κ2) is 8.40. The quantitative estimate of drug-likeness (QED) is 0.584. The molecule has 1 atom stereocenters. The molecule has 0 aromatic carbocycles. The molecule has 0 radical (unpaired) electrons. The maximum absolute atomic E-state index is 11.4. The smallest absolute Gasteiger partial charge is 0.356 e. The van der Waals surface area contributed by atoms with Gasteiger partial charge in [-0.25, -0.2) is 9.78 Å². The molecule has 0 bridgehead atoms. The molecule has 5 heteroatoms. The monoisotopic (exact) mass is 280 g/mol. The maximum atomic E-state index is 11.4. The highest BCUT2D eigenvalue weighted by atomic mass is 16.5. The standard InChI is InChI=1S/C15H24N2O3/c1-4-5-6-7-8-11(2)20-14-12(16)9-10-13(17-14)15(18)19-3/h9-11H,4-8,16H2,1-3H3. The van der Waals surface area contributed by atoms with Crippen molar-refractivity contribution in [3.05, 3.63) is 17.8 Å². The fourth-order valence-corrected chi connectivity index (χ4v) is 1.87. The molecule has 0 saturated carbocycles. The number of nitrogens with zero attached hydrogens (tertiary/aromatic N) is 1. The Morgan fingerprint density at radius 2 is 2.10 bits per heavy atom. The minimum absolute atomic E-state index is 0.0227. The maximum Gasteiger partial charge on any atom is 0.356 e. The van der Waals surface area contributed by atoms with Crippen LogP contribution in [0.25, 0.3) is 0 Å². The average molecular weight is 280 g/mol. The van der Waals surface area contributed by atoms with Crippen LogP contribution in [0.4, 0.5) is 5.69 Å². The largest absolute Gasteiger partial charge is 0.473 e. The minimum Gasteiger partial charge on any atom is -0.473 e. The van der Waals surface area contributed by atoms with E-state index in [0.29, 0.717) is 11.6 Å². The SMILES string of the molecule is CCCCCCC(C)Oc1nc(C(=O)OC)ccc1N. The van der Waals surface area contributed by atoms with E-state index < -0.39 is 5.97 Å². The van der Waals surface area contributed by atoms with Gasteiger partial charge in [0.2, 0.25) is 5.88 Å². The molecule has 0 spiro atoms. The van der Waals surface area contributed by atoms with Crippen LogP contribution >= 0.6 is 0 Å². The fraction of sp³-hybridized carbons (Fsp3) is 0.600. The molecular formula is C15H24N2O3. The number of nitrogens with two attached hydrogens (primary N) is 1. The number of carbonyl (C=O) groups is 1. The Bertz CT molecular complexity index is 435. The molecule has 0 fully saturated rings. The van der Waals surface area contributed by atoms with Crippen molar-refractivity contribution in [2.45, 2.75) is 52.1 Å². The van der Waals surface area contributed by atoms with Crippen LogP contribution in [0, 0.1) is 0 Å². The Morgan fingerprint density at radius 3 is 2.75 bits per heavy atom. The van der Waals surface area contributed by atoms with Crippen molar-refractivity contribution in [3.8, 4) is 5.88 Å². The van der Waals surface area contributed by atoms with Gasteiger partial charge in [-0.05, 0) is 31.9 Å². The second-order valence-corrected chi connectivity index (χ2v) is 4.86. The second-order valence-electron chi connectivity index (χ2n) is 4.86. The molecule has 1 aromatic rings. The molecule has 112 valence electrons. The van der Waals surface area contributed by atoms with Gasteiger partial charge in [-0.1, -0.05) is 26.2 Å². The van der Waals surface area contributed by atoms with E-state index in [9.17, 15) is 4.79 Å². The number of hydrogen-bond acceptors (Lipinski definition) is 5. The summed E-state index contributed by atoms with van der Waals surface area (Å²) in [5.41, 5.74) is 6.45. The molecule has 0 saturated heterocycles. The predicted molar refractivity (Wildman–Crippen MR) is 78.8 cm³/mol. The molecule has 1 aromatic heterocycles. The van der Waals surface area contributed by atoms with Crippen molar-refractivity contribution < 1.29 is 14.3 Å². The van der Waals surface area contributed by atoms with Crippen LogP contribution < -0.4 is 10.5 Å². The molecule has 1 rings (SSSR count). The van der Waals surface area contributed by atoms with Crippen molar-refractivity contribution in [1.29, 1.82) is 0 Å². The van der Waals surface area contributed by atoms with Crippen LogP contribution in [0.15, 0.2) is 12.1 Å². The van der Waals surface area contributed by atoms with Gasteiger partial charge in [-0.3, -0.25) is 0 Å². The lowest BCUT2D eigenvalue weighted by Gasteiger charge is -2.15. The van der Waals surface area contributed by atoms with E-state index in [0.717, 1.165) is 12.8 Å². The summed E-state index contributed by atoms with van der Waals surface area (Å²) >= 11 is 0. The van der Waals surface area contributed by atoms with Gasteiger partial charge in [0.25, 0.3) is 0 Å². The van der Waals surface area contributed by atoms with E-state index in [-0.39, 0.29) is 11.8 Å². The summed E-state index contributed by atoms with van der Waals surface area (Å²) in [4.78, 5) is 15.5. The number of carbonyl (C=O) groups excluding carboxylic acids is 1. The number of pyridine rings is 1. The first kappa shape index (κ1) is 16.3. The van der Waals surface area contributed by atoms with Gasteiger partial charge in [0, 0.05) is 0 Å². The van der Waals surface area contributed by atoms with Crippen LogP contribution in [-0.2, 0) is 4.74 Å². The van der Waals surface area contributed by atoms with E-state index in [1.54, 1.807) is 6.07 Å². The number of ether oxygens (including phenoxy) is 2. The van der Waals surface area contributed by atoms with Crippen molar-refractivity contribution in [2.75, 3.05) is 12.8 Å². The third-order valence-corrected chi connectivity index (χ3v) is 3.06. The topological polar surface area (TPSA) is 74.4 Å². The van der Waals surface area contributed by atoms with E-state index in [4.69, 9.17) is 10.5 Å². The van der Waals surface area contributed by atoms with Gasteiger partial charge in [0.1, 0.15) is 0 Å². The first-order chi connectivity index (χ1) is 9.58. The first-order valence-corrected chi connectivity index (χ1v) is 7.10. The zero-order valence-electron chi connectivity index (χ0n) is 12.5. The van der Waals surface area contributed by atoms with Crippen molar-refractivity contribution in [2.24, 2.45) is 0 Å². The number of unbranched alkanes of at least 4 members (excludes halogenated alkanes) is 3. The van der Waals surface area contributed by atoms with E-state index in [2.05, 4.69) is 16.6 Å². The summed E-state index contributed by atoms with van der Waals surface area (Å²) in [5, 5.41) is 0. The van der Waals surface area contributed by atoms with Crippen LogP contribution in [0.3, 0.4) is 0 Å². The highest BCUT2D eigenvalue weighted by Crippen LogP contribution is 2.21. The van der Waals surface area contributed by atoms with Crippen LogP contribution in [0.1, 0.15) is 56.4 Å². The molecule has 0 amide bonds. The number of hydrogen-bond donors (Lipinski definition) is 1. The van der Waals surface area contributed by atoms with Gasteiger partial charge < -0.3 is 15.2 Å². The zero-order valence-corrected chi connectivity index (χ0v) is 12.5. The number of aromatic nitrogens is 1. The molecule has 5 nitrogen and oxygen atoms in total. The molecule has 20 heavy (non-hydrogen) atoms. The molecule has 0 aliphatic carbocycles. The van der Waals surface area contributed by atoms with Crippen molar-refractivity contribution >= 4 is 11.7 Å². The van der Waals surface area contributed by atoms with E-state index >= 15 is 0 Å². The van der Waals surface area contributed by atoms with Gasteiger partial charge >= 0.3 is 5.97 Å². The number of rotatable bonds is 8. The molecule has 0 aliphatic heterocycles. The van der Waals surface area contributed by atoms with Gasteiger partial charge in [-0.15, -0.1) is 0 Å². The van der Waals surface area contributed by atoms with E-state index in [1.807, 2.05) is 6.92 Å². The lowest BCUT2D eigenvalue weighted by molar-refractivity contribution is 0.0592. The highest BCUT2D eigenvalue weighted by molar-refractivity contribution is 5.87. The molecule has 1 heterocycles. The molecule has 1 unspecified atom stereocenters. The Balaban J connectivity index is 2.59. The summed E-state index contributed by atoms with van der Waals surface area (Å²) in [5.74, 6) is -0.193. The summed E-state index contributed by atoms with van der Waals surface area (Å²) in [6.45, 7) is 4.17. The highest BCUT2D eigenvalue weighted by Gasteiger charge is 2.13. The fourth-order valence-electron chi connectivity index (χ4n) is 1.87. The van der Waals surface area contributed by atoms with Crippen LogP contribution in [0.2, 0.25) is 0 Å². The number of nitrogen functional groups attached to an aromatic ring is 1. The van der Waals surface area contributed by atoms with E-state index in [1.165, 1.54) is 32.4 Å². The number of anilines is 1. The Morgan fingerprint density at radius 1 is 1.35 bits per heavy atom. The normalized spacial score (nSPS) is 11.9. The molecule has 2 N–H and O–H groups in total. The van der Waals surface area contributed by atoms with Crippen LogP contribution in [0.5, 0.6) is 5.88 Å². The summed E-state index contributed by atoms with van der Waals surface area (Å²) in [6.07, 6.45) is 5.75. The van der Waals surface area contributed by atoms with Gasteiger partial charge in [0.15, 0.2) is 5.69 Å². The lowest BCUT2D eigenvalue weighted by Crippen LogP contribution is -2.15. The average Bonchev–Trinajstić information content (AvgIpc) is 2.45. The third kappa shape index (κ3) is 5.07. The third-order valence-electron chi connectivity index (χ3n) is 3.06. The summed E-state index contributed by atoms with van der Waals surface area (Å²) in [6, 6.07) is 3.14. The van der Waals surface area contributed by atoms with Crippen LogP contribution in [-0.4, -0.2) is 24.2 Å². The molecular weight excluding hydrogens is 256 g/mol. The number of esters is 1. The Labute approximate surface area is 120 Å². The van der Waals surface area contributed by atoms with Gasteiger partial charge in [0.05, 0.1) is 18.9 Å². The zero-order chi connectivity index (χ0) is 15.0.